The molecular formula is C40H54N2O8. The van der Waals surface area contributed by atoms with Gasteiger partial charge in [-0.25, -0.2) is 4.79 Å². The molecule has 10 nitrogen and oxygen atoms in total. The molecule has 272 valence electrons. The maximum atomic E-state index is 13.1. The summed E-state index contributed by atoms with van der Waals surface area (Å²) in [7, 11) is 3.36. The van der Waals surface area contributed by atoms with E-state index in [9.17, 15) is 9.59 Å². The zero-order valence-corrected chi connectivity index (χ0v) is 30.3. The summed E-state index contributed by atoms with van der Waals surface area (Å²) in [6, 6.07) is 23.7. The van der Waals surface area contributed by atoms with Crippen LogP contribution in [-0.4, -0.2) is 82.3 Å². The van der Waals surface area contributed by atoms with Crippen molar-refractivity contribution in [2.75, 3.05) is 59.1 Å². The maximum absolute atomic E-state index is 13.1. The normalized spacial score (nSPS) is 16.1. The lowest BCUT2D eigenvalue weighted by Crippen LogP contribution is -2.49. The molecule has 10 heteroatoms. The first kappa shape index (κ1) is 38.7. The molecule has 1 saturated heterocycles. The molecule has 0 aliphatic carbocycles. The van der Waals surface area contributed by atoms with Gasteiger partial charge in [-0.15, -0.1) is 0 Å². The molecule has 0 saturated carbocycles. The number of benzene rings is 3. The van der Waals surface area contributed by atoms with Gasteiger partial charge in [0.15, 0.2) is 0 Å². The molecule has 1 aliphatic heterocycles. The number of hydrogen-bond donors (Lipinski definition) is 1. The van der Waals surface area contributed by atoms with Gasteiger partial charge in [0.05, 0.1) is 39.6 Å². The van der Waals surface area contributed by atoms with E-state index >= 15 is 0 Å². The van der Waals surface area contributed by atoms with Crippen molar-refractivity contribution in [1.82, 2.24) is 4.90 Å². The Balaban J connectivity index is 1.32. The number of methoxy groups -OCH3 is 2. The Labute approximate surface area is 297 Å². The number of carbonyl (C=O) groups is 2. The number of aryl methyl sites for hydroxylation is 1. The molecule has 50 heavy (non-hydrogen) atoms. The second-order valence-electron chi connectivity index (χ2n) is 13.5. The minimum atomic E-state index is -0.613. The van der Waals surface area contributed by atoms with Gasteiger partial charge in [0, 0.05) is 43.9 Å². The Morgan fingerprint density at radius 3 is 2.34 bits per heavy atom. The zero-order valence-electron chi connectivity index (χ0n) is 30.3. The van der Waals surface area contributed by atoms with Crippen molar-refractivity contribution in [3.05, 3.63) is 89.5 Å². The predicted molar refractivity (Wildman–Crippen MR) is 194 cm³/mol. The van der Waals surface area contributed by atoms with Crippen molar-refractivity contribution in [3.63, 3.8) is 0 Å². The van der Waals surface area contributed by atoms with Gasteiger partial charge in [-0.2, -0.15) is 0 Å². The van der Waals surface area contributed by atoms with Gasteiger partial charge in [-0.3, -0.25) is 4.79 Å². The number of amides is 2. The van der Waals surface area contributed by atoms with E-state index in [2.05, 4.69) is 5.32 Å². The molecule has 1 N–H and O–H groups in total. The topological polar surface area (TPSA) is 105 Å². The van der Waals surface area contributed by atoms with Gasteiger partial charge in [-0.1, -0.05) is 48.5 Å². The number of para-hydroxylation sites is 2. The number of anilines is 1. The molecule has 1 fully saturated rings. The van der Waals surface area contributed by atoms with Crippen molar-refractivity contribution in [1.29, 1.82) is 0 Å². The van der Waals surface area contributed by atoms with Crippen LogP contribution in [0.4, 0.5) is 10.5 Å². The van der Waals surface area contributed by atoms with E-state index in [-0.39, 0.29) is 24.5 Å². The first-order valence-electron chi connectivity index (χ1n) is 17.6. The number of piperidine rings is 1. The van der Waals surface area contributed by atoms with Crippen LogP contribution in [0.25, 0.3) is 0 Å². The number of rotatable bonds is 18. The van der Waals surface area contributed by atoms with Crippen molar-refractivity contribution in [3.8, 4) is 11.5 Å². The Morgan fingerprint density at radius 1 is 0.860 bits per heavy atom. The van der Waals surface area contributed by atoms with Crippen molar-refractivity contribution < 1.29 is 38.0 Å². The maximum Gasteiger partial charge on any atom is 0.410 e. The van der Waals surface area contributed by atoms with E-state index in [0.29, 0.717) is 45.9 Å². The minimum Gasteiger partial charge on any atom is -0.496 e. The average Bonchev–Trinajstić information content (AvgIpc) is 3.11. The monoisotopic (exact) mass is 690 g/mol. The average molecular weight is 691 g/mol. The molecule has 2 unspecified atom stereocenters. The van der Waals surface area contributed by atoms with Crippen LogP contribution in [0.3, 0.4) is 0 Å². The van der Waals surface area contributed by atoms with E-state index in [0.717, 1.165) is 59.6 Å². The van der Waals surface area contributed by atoms with E-state index in [1.807, 2.05) is 93.6 Å². The molecule has 0 radical (unpaired) electrons. The second-order valence-corrected chi connectivity index (χ2v) is 13.5. The van der Waals surface area contributed by atoms with Gasteiger partial charge in [0.2, 0.25) is 5.91 Å². The van der Waals surface area contributed by atoms with Gasteiger partial charge >= 0.3 is 6.09 Å². The van der Waals surface area contributed by atoms with E-state index in [4.69, 9.17) is 28.4 Å². The number of unbranched alkanes of at least 4 members (excludes halogenated alkanes) is 1. The summed E-state index contributed by atoms with van der Waals surface area (Å²) in [6.45, 7) is 8.54. The highest BCUT2D eigenvalue weighted by Crippen LogP contribution is 2.32. The molecule has 1 heterocycles. The fourth-order valence-corrected chi connectivity index (χ4v) is 5.92. The summed E-state index contributed by atoms with van der Waals surface area (Å²) >= 11 is 0. The van der Waals surface area contributed by atoms with Crippen LogP contribution in [0.5, 0.6) is 11.5 Å². The van der Waals surface area contributed by atoms with Crippen LogP contribution in [0.1, 0.15) is 69.1 Å². The number of nitrogens with zero attached hydrogens (tertiary/aromatic N) is 1. The summed E-state index contributed by atoms with van der Waals surface area (Å²) in [6.07, 6.45) is 3.38. The number of hydrogen-bond acceptors (Lipinski definition) is 8. The summed E-state index contributed by atoms with van der Waals surface area (Å²) in [5, 5.41) is 3.03. The zero-order chi connectivity index (χ0) is 35.8. The fourth-order valence-electron chi connectivity index (χ4n) is 5.92. The van der Waals surface area contributed by atoms with Gasteiger partial charge in [0.25, 0.3) is 0 Å². The summed E-state index contributed by atoms with van der Waals surface area (Å²) in [4.78, 5) is 27.8. The SMILES string of the molecule is COCCCCc1ccccc1NC(=O)COC1CN(C(=O)OC(C)(C)C)CCC1c1ccc(OCCCOCc2ccccc2OC)cc1. The van der Waals surface area contributed by atoms with E-state index < -0.39 is 11.7 Å². The third-order valence-corrected chi connectivity index (χ3v) is 8.44. The highest BCUT2D eigenvalue weighted by atomic mass is 16.6. The quantitative estimate of drug-likeness (QED) is 0.138. The van der Waals surface area contributed by atoms with Crippen molar-refractivity contribution in [2.45, 2.75) is 77.1 Å². The number of likely N-dealkylation sites (tertiary alicyclic amines) is 1. The van der Waals surface area contributed by atoms with Crippen LogP contribution in [0.15, 0.2) is 72.8 Å². The highest BCUT2D eigenvalue weighted by molar-refractivity contribution is 5.92. The van der Waals surface area contributed by atoms with Crippen LogP contribution in [0, 0.1) is 0 Å². The molecule has 3 aromatic rings. The van der Waals surface area contributed by atoms with Crippen LogP contribution in [-0.2, 0) is 36.8 Å². The van der Waals surface area contributed by atoms with Crippen LogP contribution in [0.2, 0.25) is 0 Å². The lowest BCUT2D eigenvalue weighted by molar-refractivity contribution is -0.124. The van der Waals surface area contributed by atoms with E-state index in [1.165, 1.54) is 0 Å². The molecule has 2 amide bonds. The molecule has 2 atom stereocenters. The smallest absolute Gasteiger partial charge is 0.410 e. The molecule has 0 bridgehead atoms. The first-order valence-corrected chi connectivity index (χ1v) is 17.6. The van der Waals surface area contributed by atoms with Crippen LogP contribution >= 0.6 is 0 Å². The van der Waals surface area contributed by atoms with Gasteiger partial charge < -0.3 is 38.6 Å². The predicted octanol–water partition coefficient (Wildman–Crippen LogP) is 7.40. The Bertz CT molecular complexity index is 1470. The highest BCUT2D eigenvalue weighted by Gasteiger charge is 2.35. The number of ether oxygens (including phenoxy) is 6. The number of nitrogens with one attached hydrogen (secondary N) is 1. The van der Waals surface area contributed by atoms with Gasteiger partial charge in [0.1, 0.15) is 23.7 Å². The van der Waals surface area contributed by atoms with Crippen molar-refractivity contribution in [2.24, 2.45) is 0 Å². The molecule has 0 aromatic heterocycles. The summed E-state index contributed by atoms with van der Waals surface area (Å²) in [5.74, 6) is 1.33. The second kappa shape index (κ2) is 19.9. The van der Waals surface area contributed by atoms with Gasteiger partial charge in [-0.05, 0) is 81.8 Å². The standard InChI is InChI=1S/C40H54N2O8/c1-40(2,3)50-39(44)42-23-22-34(37(27-42)49-29-38(43)41-35-16-8-6-13-31(35)14-10-11-24-45-4)30-18-20-33(21-19-30)48-26-12-25-47-28-32-15-7-9-17-36(32)46-5/h6-9,13,15-21,34,37H,10-12,14,22-29H2,1-5H3,(H,41,43). The molecule has 0 spiro atoms. The third kappa shape index (κ3) is 12.6. The minimum absolute atomic E-state index is 0.0213. The largest absolute Gasteiger partial charge is 0.496 e. The summed E-state index contributed by atoms with van der Waals surface area (Å²) < 4.78 is 34.3. The molecule has 1 aliphatic rings. The van der Waals surface area contributed by atoms with Crippen molar-refractivity contribution >= 4 is 17.7 Å². The lowest BCUT2D eigenvalue weighted by Gasteiger charge is -2.39. The summed E-state index contributed by atoms with van der Waals surface area (Å²) in [5.41, 5.74) is 3.33. The first-order chi connectivity index (χ1) is 24.2. The third-order valence-electron chi connectivity index (χ3n) is 8.44. The Morgan fingerprint density at radius 2 is 1.60 bits per heavy atom. The molecule has 4 rings (SSSR count). The Kier molecular flexibility index (Phi) is 15.4. The lowest BCUT2D eigenvalue weighted by atomic mass is 9.87. The fraction of sp³-hybridized carbons (Fsp3) is 0.500. The Hall–Kier alpha value is -4.12. The van der Waals surface area contributed by atoms with E-state index in [1.54, 1.807) is 19.1 Å². The number of carbonyl (C=O) groups excluding carboxylic acids is 2. The molecular weight excluding hydrogens is 636 g/mol. The molecule has 3 aromatic carbocycles. The van der Waals surface area contributed by atoms with Crippen LogP contribution < -0.4 is 14.8 Å².